The van der Waals surface area contributed by atoms with Crippen molar-refractivity contribution in [1.82, 2.24) is 0 Å². The first-order chi connectivity index (χ1) is 13.6. The summed E-state index contributed by atoms with van der Waals surface area (Å²) in [5.74, 6) is 0.180. The molecule has 6 heteroatoms. The highest BCUT2D eigenvalue weighted by Gasteiger charge is 2.25. The first-order valence-corrected chi connectivity index (χ1v) is 10.1. The number of hydrogen-bond donors (Lipinski definition) is 3. The largest absolute Gasteiger partial charge is 0.507 e. The maximum Gasteiger partial charge on any atom is 0.200 e. The van der Waals surface area contributed by atoms with Crippen LogP contribution in [-0.2, 0) is 6.54 Å². The van der Waals surface area contributed by atoms with E-state index in [-0.39, 0.29) is 11.2 Å². The third-order valence-corrected chi connectivity index (χ3v) is 6.10. The molecular formula is C22H25ClN2O3+2. The molecule has 4 rings (SSSR count). The van der Waals surface area contributed by atoms with Gasteiger partial charge >= 0.3 is 0 Å². The van der Waals surface area contributed by atoms with Gasteiger partial charge in [-0.05, 0) is 25.1 Å². The molecule has 1 saturated heterocycles. The molecule has 1 aliphatic heterocycles. The van der Waals surface area contributed by atoms with Crippen LogP contribution in [0.2, 0.25) is 5.02 Å². The van der Waals surface area contributed by atoms with E-state index in [0.29, 0.717) is 39.2 Å². The van der Waals surface area contributed by atoms with E-state index < -0.39 is 0 Å². The van der Waals surface area contributed by atoms with Crippen LogP contribution in [0.1, 0.15) is 12.5 Å². The number of fused-ring (bicyclic) bond motifs is 1. The van der Waals surface area contributed by atoms with Crippen molar-refractivity contribution >= 4 is 22.6 Å². The molecule has 0 spiro atoms. The monoisotopic (exact) mass is 400 g/mol. The molecule has 0 aliphatic carbocycles. The zero-order valence-electron chi connectivity index (χ0n) is 15.9. The summed E-state index contributed by atoms with van der Waals surface area (Å²) in [6, 6.07) is 10.5. The molecule has 5 nitrogen and oxygen atoms in total. The number of benzene rings is 2. The van der Waals surface area contributed by atoms with Crippen LogP contribution in [0.5, 0.6) is 5.75 Å². The summed E-state index contributed by atoms with van der Waals surface area (Å²) < 4.78 is 5.89. The topological polar surface area (TPSA) is 59.3 Å². The van der Waals surface area contributed by atoms with Crippen molar-refractivity contribution < 1.29 is 19.3 Å². The summed E-state index contributed by atoms with van der Waals surface area (Å²) in [6.07, 6.45) is 1.46. The first-order valence-electron chi connectivity index (χ1n) is 9.77. The fraction of sp³-hybridized carbons (Fsp3) is 0.318. The van der Waals surface area contributed by atoms with Gasteiger partial charge in [0.25, 0.3) is 0 Å². The van der Waals surface area contributed by atoms with Gasteiger partial charge in [-0.2, -0.15) is 0 Å². The van der Waals surface area contributed by atoms with Crippen molar-refractivity contribution in [3.63, 3.8) is 0 Å². The summed E-state index contributed by atoms with van der Waals surface area (Å²) in [7, 11) is 0. The highest BCUT2D eigenvalue weighted by atomic mass is 35.5. The fourth-order valence-corrected chi connectivity index (χ4v) is 4.26. The normalized spacial score (nSPS) is 19.8. The molecule has 3 N–H and O–H groups in total. The van der Waals surface area contributed by atoms with Crippen molar-refractivity contribution in [2.75, 3.05) is 32.7 Å². The second-order valence-corrected chi connectivity index (χ2v) is 7.84. The molecule has 28 heavy (non-hydrogen) atoms. The first kappa shape index (κ1) is 19.0. The molecule has 0 unspecified atom stereocenters. The second kappa shape index (κ2) is 7.95. The van der Waals surface area contributed by atoms with Gasteiger partial charge in [0.15, 0.2) is 0 Å². The molecule has 0 saturated carbocycles. The smallest absolute Gasteiger partial charge is 0.200 e. The van der Waals surface area contributed by atoms with Crippen LogP contribution < -0.4 is 15.2 Å². The van der Waals surface area contributed by atoms with Gasteiger partial charge in [0.05, 0.1) is 23.1 Å². The van der Waals surface area contributed by atoms with Crippen molar-refractivity contribution in [1.29, 1.82) is 0 Å². The number of aromatic hydroxyl groups is 1. The van der Waals surface area contributed by atoms with Crippen LogP contribution in [0.4, 0.5) is 0 Å². The average Bonchev–Trinajstić information content (AvgIpc) is 2.71. The predicted molar refractivity (Wildman–Crippen MR) is 110 cm³/mol. The number of quaternary nitrogens is 2. The van der Waals surface area contributed by atoms with Crippen LogP contribution in [0.3, 0.4) is 0 Å². The predicted octanol–water partition coefficient (Wildman–Crippen LogP) is 1.12. The molecule has 2 heterocycles. The maximum atomic E-state index is 13.1. The van der Waals surface area contributed by atoms with Gasteiger partial charge < -0.3 is 19.3 Å². The molecule has 146 valence electrons. The van der Waals surface area contributed by atoms with E-state index in [0.717, 1.165) is 32.7 Å². The van der Waals surface area contributed by atoms with Crippen LogP contribution in [0.25, 0.3) is 22.1 Å². The van der Waals surface area contributed by atoms with Crippen LogP contribution in [-0.4, -0.2) is 37.8 Å². The third-order valence-electron chi connectivity index (χ3n) is 5.77. The Morgan fingerprint density at radius 3 is 2.46 bits per heavy atom. The number of nitrogens with one attached hydrogen (secondary N) is 2. The van der Waals surface area contributed by atoms with E-state index in [1.807, 2.05) is 12.1 Å². The van der Waals surface area contributed by atoms with Crippen molar-refractivity contribution in [3.8, 4) is 16.9 Å². The molecule has 2 aromatic carbocycles. The van der Waals surface area contributed by atoms with E-state index >= 15 is 0 Å². The highest BCUT2D eigenvalue weighted by molar-refractivity contribution is 6.33. The van der Waals surface area contributed by atoms with Crippen LogP contribution in [0.15, 0.2) is 51.9 Å². The number of phenolic OH excluding ortho intramolecular Hbond substituents is 1. The van der Waals surface area contributed by atoms with Gasteiger partial charge in [-0.1, -0.05) is 29.8 Å². The van der Waals surface area contributed by atoms with Crippen LogP contribution >= 0.6 is 11.6 Å². The molecule has 0 atom stereocenters. The molecule has 1 fully saturated rings. The Bertz CT molecular complexity index is 1060. The van der Waals surface area contributed by atoms with E-state index in [4.69, 9.17) is 16.0 Å². The number of rotatable bonds is 4. The Labute approximate surface area is 168 Å². The quantitative estimate of drug-likeness (QED) is 0.615. The van der Waals surface area contributed by atoms with Crippen molar-refractivity contribution in [3.05, 3.63) is 63.5 Å². The molecule has 1 aromatic heterocycles. The SMILES string of the molecule is CC[NH+]1CC[NH+](Cc2c(O)ccc3c(=O)c(-c4ccccc4Cl)coc23)CC1. The summed E-state index contributed by atoms with van der Waals surface area (Å²) in [6.45, 7) is 8.33. The molecule has 3 aromatic rings. The standard InChI is InChI=1S/C22H23ClN2O3/c1-2-24-9-11-25(12-10-24)13-17-20(26)8-7-16-21(27)18(14-28-22(16)17)15-5-3-4-6-19(15)23/h3-8,14,26H,2,9-13H2,1H3/p+2. The lowest BCUT2D eigenvalue weighted by molar-refractivity contribution is -1.02. The number of likely N-dealkylation sites (N-methyl/N-ethyl adjacent to an activating group) is 1. The summed E-state index contributed by atoms with van der Waals surface area (Å²) >= 11 is 6.27. The van der Waals surface area contributed by atoms with Crippen molar-refractivity contribution in [2.24, 2.45) is 0 Å². The maximum absolute atomic E-state index is 13.1. The summed E-state index contributed by atoms with van der Waals surface area (Å²) in [5, 5.41) is 11.4. The minimum Gasteiger partial charge on any atom is -0.507 e. The van der Waals surface area contributed by atoms with Gasteiger partial charge in [-0.15, -0.1) is 0 Å². The van der Waals surface area contributed by atoms with Gasteiger partial charge in [-0.25, -0.2) is 0 Å². The lowest BCUT2D eigenvalue weighted by Crippen LogP contribution is -3.27. The molecule has 0 radical (unpaired) electrons. The van der Waals surface area contributed by atoms with E-state index in [1.54, 1.807) is 29.2 Å². The lowest BCUT2D eigenvalue weighted by Gasteiger charge is -2.29. The Morgan fingerprint density at radius 2 is 1.75 bits per heavy atom. The number of halogens is 1. The molecule has 0 amide bonds. The lowest BCUT2D eigenvalue weighted by atomic mass is 10.0. The Morgan fingerprint density at radius 1 is 1.04 bits per heavy atom. The van der Waals surface area contributed by atoms with Gasteiger partial charge in [0.1, 0.15) is 50.3 Å². The fourth-order valence-electron chi connectivity index (χ4n) is 4.02. The molecule has 1 aliphatic rings. The van der Waals surface area contributed by atoms with E-state index in [2.05, 4.69) is 6.92 Å². The van der Waals surface area contributed by atoms with Crippen molar-refractivity contribution in [2.45, 2.75) is 13.5 Å². The zero-order chi connectivity index (χ0) is 19.7. The third kappa shape index (κ3) is 3.53. The average molecular weight is 401 g/mol. The summed E-state index contributed by atoms with van der Waals surface area (Å²) in [4.78, 5) is 16.1. The van der Waals surface area contributed by atoms with E-state index in [1.165, 1.54) is 11.2 Å². The number of phenols is 1. The Balaban J connectivity index is 1.73. The van der Waals surface area contributed by atoms with Gasteiger partial charge in [-0.3, -0.25) is 4.79 Å². The molecule has 0 bridgehead atoms. The zero-order valence-corrected chi connectivity index (χ0v) is 16.7. The van der Waals surface area contributed by atoms with Gasteiger partial charge in [0, 0.05) is 10.6 Å². The summed E-state index contributed by atoms with van der Waals surface area (Å²) in [5.41, 5.74) is 2.13. The minimum atomic E-state index is -0.133. The number of piperazine rings is 1. The molecular weight excluding hydrogens is 376 g/mol. The Hall–Kier alpha value is -2.34. The van der Waals surface area contributed by atoms with E-state index in [9.17, 15) is 9.90 Å². The van der Waals surface area contributed by atoms with Gasteiger partial charge in [0.2, 0.25) is 5.43 Å². The number of hydrogen-bond acceptors (Lipinski definition) is 3. The Kier molecular flexibility index (Phi) is 5.40. The van der Waals surface area contributed by atoms with Crippen LogP contribution in [0, 0.1) is 0 Å². The minimum absolute atomic E-state index is 0.133. The second-order valence-electron chi connectivity index (χ2n) is 7.43. The highest BCUT2D eigenvalue weighted by Crippen LogP contribution is 2.30.